The first-order valence-electron chi connectivity index (χ1n) is 13.2. The third kappa shape index (κ3) is 5.77. The van der Waals surface area contributed by atoms with Gasteiger partial charge in [-0.1, -0.05) is 49.3 Å². The van der Waals surface area contributed by atoms with E-state index in [1.54, 1.807) is 13.8 Å². The van der Waals surface area contributed by atoms with E-state index in [0.29, 0.717) is 12.8 Å². The maximum absolute atomic E-state index is 14.1. The van der Waals surface area contributed by atoms with E-state index in [-0.39, 0.29) is 48.0 Å². The highest BCUT2D eigenvalue weighted by Crippen LogP contribution is 2.52. The van der Waals surface area contributed by atoms with Gasteiger partial charge in [-0.25, -0.2) is 0 Å². The molecule has 0 amide bonds. The monoisotopic (exact) mass is 498 g/mol. The van der Waals surface area contributed by atoms with Crippen LogP contribution in [0.1, 0.15) is 93.9 Å². The second-order valence-electron chi connectivity index (χ2n) is 11.8. The summed E-state index contributed by atoms with van der Waals surface area (Å²) >= 11 is 0. The van der Waals surface area contributed by atoms with E-state index in [0.717, 1.165) is 23.1 Å². The molecule has 0 heterocycles. The second kappa shape index (κ2) is 11.3. The molecule has 0 aromatic heterocycles. The first-order chi connectivity index (χ1) is 16.6. The molecular formula is C31H46O5. The van der Waals surface area contributed by atoms with Crippen molar-refractivity contribution in [2.45, 2.75) is 99.5 Å². The van der Waals surface area contributed by atoms with Crippen molar-refractivity contribution in [2.24, 2.45) is 23.2 Å². The molecule has 36 heavy (non-hydrogen) atoms. The van der Waals surface area contributed by atoms with Crippen LogP contribution in [0.3, 0.4) is 0 Å². The fraction of sp³-hybridized carbons (Fsp3) is 0.613. The summed E-state index contributed by atoms with van der Waals surface area (Å²) in [6.07, 6.45) is 6.24. The summed E-state index contributed by atoms with van der Waals surface area (Å²) in [5.41, 5.74) is 0.478. The Morgan fingerprint density at radius 1 is 1.11 bits per heavy atom. The summed E-state index contributed by atoms with van der Waals surface area (Å²) in [5, 5.41) is 34.4. The normalized spacial score (nSPS) is 26.6. The molecule has 1 saturated carbocycles. The lowest BCUT2D eigenvalue weighted by Crippen LogP contribution is -2.42. The van der Waals surface area contributed by atoms with Gasteiger partial charge in [0.25, 0.3) is 0 Å². The molecule has 2 aliphatic rings. The fourth-order valence-corrected chi connectivity index (χ4v) is 5.52. The molecule has 0 aliphatic heterocycles. The third-order valence-corrected chi connectivity index (χ3v) is 8.25. The number of carbonyl (C=O) groups is 2. The number of hydrogen-bond acceptors (Lipinski definition) is 5. The minimum absolute atomic E-state index is 0.00408. The van der Waals surface area contributed by atoms with Gasteiger partial charge in [0, 0.05) is 11.5 Å². The largest absolute Gasteiger partial charge is 0.511 e. The highest BCUT2D eigenvalue weighted by molar-refractivity contribution is 6.24. The minimum Gasteiger partial charge on any atom is -0.511 e. The summed E-state index contributed by atoms with van der Waals surface area (Å²) in [4.78, 5) is 27.5. The third-order valence-electron chi connectivity index (χ3n) is 8.25. The molecule has 200 valence electrons. The van der Waals surface area contributed by atoms with Gasteiger partial charge < -0.3 is 15.3 Å². The topological polar surface area (TPSA) is 94.8 Å². The van der Waals surface area contributed by atoms with E-state index >= 15 is 0 Å². The molecule has 4 atom stereocenters. The van der Waals surface area contributed by atoms with Gasteiger partial charge in [0.15, 0.2) is 11.6 Å². The number of Topliss-reactive ketones (excluding diaryl/α,β-unsaturated/α-hetero) is 2. The van der Waals surface area contributed by atoms with Crippen molar-refractivity contribution in [1.82, 2.24) is 0 Å². The summed E-state index contributed by atoms with van der Waals surface area (Å²) in [6.45, 7) is 19.1. The Bertz CT molecular complexity index is 1010. The summed E-state index contributed by atoms with van der Waals surface area (Å²) in [7, 11) is 0. The van der Waals surface area contributed by atoms with Gasteiger partial charge in [-0.3, -0.25) is 9.59 Å². The highest BCUT2D eigenvalue weighted by atomic mass is 16.3. The average molecular weight is 499 g/mol. The van der Waals surface area contributed by atoms with Crippen LogP contribution in [0.4, 0.5) is 0 Å². The van der Waals surface area contributed by atoms with Crippen molar-refractivity contribution in [2.75, 3.05) is 0 Å². The first-order valence-corrected chi connectivity index (χ1v) is 13.2. The van der Waals surface area contributed by atoms with E-state index in [2.05, 4.69) is 6.58 Å². The number of rotatable bonds is 10. The highest BCUT2D eigenvalue weighted by Gasteiger charge is 2.52. The van der Waals surface area contributed by atoms with Crippen molar-refractivity contribution < 1.29 is 24.9 Å². The Morgan fingerprint density at radius 2 is 1.64 bits per heavy atom. The quantitative estimate of drug-likeness (QED) is 0.218. The Kier molecular flexibility index (Phi) is 9.39. The van der Waals surface area contributed by atoms with E-state index in [9.17, 15) is 24.9 Å². The van der Waals surface area contributed by atoms with Crippen molar-refractivity contribution >= 4 is 11.6 Å². The van der Waals surface area contributed by atoms with E-state index in [1.807, 2.05) is 53.7 Å². The molecular weight excluding hydrogens is 452 g/mol. The number of aliphatic hydroxyl groups excluding tert-OH is 2. The van der Waals surface area contributed by atoms with Crippen molar-refractivity contribution in [3.05, 3.63) is 58.1 Å². The van der Waals surface area contributed by atoms with Crippen LogP contribution in [0, 0.1) is 23.2 Å². The lowest BCUT2D eigenvalue weighted by atomic mass is 9.65. The Morgan fingerprint density at radius 3 is 2.08 bits per heavy atom. The number of hydrogen-bond donors (Lipinski definition) is 3. The predicted molar refractivity (Wildman–Crippen MR) is 146 cm³/mol. The molecule has 0 bridgehead atoms. The number of carbonyl (C=O) groups excluding carboxylic acids is 2. The Labute approximate surface area is 217 Å². The molecule has 0 aromatic carbocycles. The van der Waals surface area contributed by atoms with Gasteiger partial charge in [-0.15, -0.1) is 0 Å². The zero-order chi connectivity index (χ0) is 27.6. The lowest BCUT2D eigenvalue weighted by molar-refractivity contribution is -0.129. The molecule has 2 rings (SSSR count). The molecule has 0 spiro atoms. The van der Waals surface area contributed by atoms with Gasteiger partial charge in [-0.2, -0.15) is 0 Å². The van der Waals surface area contributed by atoms with Crippen LogP contribution in [0.2, 0.25) is 0 Å². The van der Waals surface area contributed by atoms with Crippen LogP contribution in [-0.2, 0) is 9.59 Å². The van der Waals surface area contributed by atoms with Crippen LogP contribution in [-0.4, -0.2) is 32.5 Å². The fourth-order valence-electron chi connectivity index (χ4n) is 5.52. The summed E-state index contributed by atoms with van der Waals surface area (Å²) in [6, 6.07) is 0. The van der Waals surface area contributed by atoms with E-state index in [1.165, 1.54) is 0 Å². The Hall–Kier alpha value is -2.40. The first kappa shape index (κ1) is 29.8. The van der Waals surface area contributed by atoms with Gasteiger partial charge in [0.1, 0.15) is 17.1 Å². The minimum atomic E-state index is -1.39. The Balaban J connectivity index is 2.84. The maximum atomic E-state index is 14.1. The molecule has 0 aromatic rings. The summed E-state index contributed by atoms with van der Waals surface area (Å²) < 4.78 is 0. The van der Waals surface area contributed by atoms with Crippen LogP contribution in [0.15, 0.2) is 58.1 Å². The molecule has 1 unspecified atom stereocenters. The van der Waals surface area contributed by atoms with Crippen molar-refractivity contribution in [3.8, 4) is 0 Å². The van der Waals surface area contributed by atoms with Gasteiger partial charge in [0.05, 0.1) is 11.0 Å². The molecule has 0 saturated heterocycles. The maximum Gasteiger partial charge on any atom is 0.184 e. The van der Waals surface area contributed by atoms with Crippen LogP contribution in [0.25, 0.3) is 0 Å². The van der Waals surface area contributed by atoms with Crippen LogP contribution < -0.4 is 0 Å². The smallest absolute Gasteiger partial charge is 0.184 e. The zero-order valence-corrected chi connectivity index (χ0v) is 23.5. The number of aliphatic hydroxyl groups is 3. The molecule has 3 N–H and O–H groups in total. The molecule has 5 nitrogen and oxygen atoms in total. The lowest BCUT2D eigenvalue weighted by Gasteiger charge is -2.38. The number of ketones is 2. The van der Waals surface area contributed by atoms with Gasteiger partial charge >= 0.3 is 0 Å². The molecule has 1 fully saturated rings. The predicted octanol–water partition coefficient (Wildman–Crippen LogP) is 7.25. The molecule has 5 heteroatoms. The number of allylic oxidation sites excluding steroid dienone is 8. The molecule has 0 radical (unpaired) electrons. The van der Waals surface area contributed by atoms with E-state index < -0.39 is 34.3 Å². The van der Waals surface area contributed by atoms with Gasteiger partial charge in [0.2, 0.25) is 0 Å². The molecule has 2 aliphatic carbocycles. The van der Waals surface area contributed by atoms with Gasteiger partial charge in [-0.05, 0) is 91.9 Å². The van der Waals surface area contributed by atoms with E-state index in [4.69, 9.17) is 0 Å². The van der Waals surface area contributed by atoms with Crippen molar-refractivity contribution in [1.29, 1.82) is 0 Å². The second-order valence-corrected chi connectivity index (χ2v) is 11.8. The zero-order valence-electron chi connectivity index (χ0n) is 23.5. The van der Waals surface area contributed by atoms with Crippen LogP contribution >= 0.6 is 0 Å². The average Bonchev–Trinajstić information content (AvgIpc) is 3.09. The standard InChI is InChI=1S/C31H46O5/c1-10-21(8)26(32)25-27(33)23(17-24-22(20(6)7)13-14-30(24,9)36)28(34)31(29(25)35,15-11-18(2)3)16-12-19(4)5/h11-12,21-22,24,33-34,36H,6,10,13-17H2,1-5,7-9H3/t21?,22-,24-,30+/m0/s1. The summed E-state index contributed by atoms with van der Waals surface area (Å²) in [5.74, 6) is -2.32. The van der Waals surface area contributed by atoms with Crippen LogP contribution in [0.5, 0.6) is 0 Å². The van der Waals surface area contributed by atoms with Crippen molar-refractivity contribution in [3.63, 3.8) is 0 Å². The SMILES string of the molecule is C=C(C)[C@@H]1CC[C@@](C)(O)[C@H]1CC1=C(O)C(CC=C(C)C)(CC=C(C)C)C(=O)C(C(=O)C(C)CC)=C1O.